The molecule has 4 rings (SSSR count). The Labute approximate surface area is 177 Å². The second kappa shape index (κ2) is 7.98. The van der Waals surface area contributed by atoms with E-state index in [0.29, 0.717) is 11.1 Å². The van der Waals surface area contributed by atoms with Crippen LogP contribution in [-0.2, 0) is 6.42 Å². The standard InChI is InChI=1S/C25H28N2O3/c1-25(2)16-19-10-11-20(30-3)14-21(19)22(26-25)15-23(28)17-6-8-18(9-7-17)24(29)27-12-4-5-13-27/h6-11,14-15,26H,4-5,12-13,16H2,1-3H3/b22-15-. The Hall–Kier alpha value is -3.08. The largest absolute Gasteiger partial charge is 0.497 e. The molecule has 1 saturated heterocycles. The van der Waals surface area contributed by atoms with Gasteiger partial charge in [-0.15, -0.1) is 0 Å². The molecule has 2 aliphatic heterocycles. The molecule has 0 bridgehead atoms. The van der Waals surface area contributed by atoms with Crippen LogP contribution in [0, 0.1) is 0 Å². The van der Waals surface area contributed by atoms with Crippen LogP contribution in [0.5, 0.6) is 5.75 Å². The number of hydrogen-bond acceptors (Lipinski definition) is 4. The summed E-state index contributed by atoms with van der Waals surface area (Å²) in [7, 11) is 1.64. The molecule has 0 atom stereocenters. The fourth-order valence-corrected chi connectivity index (χ4v) is 4.25. The van der Waals surface area contributed by atoms with E-state index in [9.17, 15) is 9.59 Å². The van der Waals surface area contributed by atoms with Crippen molar-refractivity contribution in [3.05, 3.63) is 70.8 Å². The summed E-state index contributed by atoms with van der Waals surface area (Å²) in [6, 6.07) is 13.0. The summed E-state index contributed by atoms with van der Waals surface area (Å²) in [6.07, 6.45) is 4.64. The lowest BCUT2D eigenvalue weighted by Crippen LogP contribution is -2.43. The van der Waals surface area contributed by atoms with E-state index in [1.807, 2.05) is 17.0 Å². The zero-order valence-corrected chi connectivity index (χ0v) is 17.8. The topological polar surface area (TPSA) is 58.6 Å². The maximum absolute atomic E-state index is 13.0. The van der Waals surface area contributed by atoms with Gasteiger partial charge in [-0.05, 0) is 62.9 Å². The Morgan fingerprint density at radius 1 is 1.03 bits per heavy atom. The monoisotopic (exact) mass is 404 g/mol. The van der Waals surface area contributed by atoms with Crippen molar-refractivity contribution >= 4 is 17.4 Å². The highest BCUT2D eigenvalue weighted by atomic mass is 16.5. The normalized spacial score (nSPS) is 18.6. The Morgan fingerprint density at radius 2 is 1.70 bits per heavy atom. The highest BCUT2D eigenvalue weighted by Gasteiger charge is 2.28. The van der Waals surface area contributed by atoms with E-state index < -0.39 is 0 Å². The number of nitrogens with one attached hydrogen (secondary N) is 1. The SMILES string of the molecule is COc1ccc2c(c1)/C(=C/C(=O)c1ccc(C(=O)N3CCCC3)cc1)NC(C)(C)C2. The number of hydrogen-bond donors (Lipinski definition) is 1. The fraction of sp³-hybridized carbons (Fsp3) is 0.360. The van der Waals surface area contributed by atoms with Crippen LogP contribution in [0.3, 0.4) is 0 Å². The van der Waals surface area contributed by atoms with E-state index in [4.69, 9.17) is 4.74 Å². The minimum atomic E-state index is -0.153. The van der Waals surface area contributed by atoms with Gasteiger partial charge in [-0.1, -0.05) is 18.2 Å². The number of rotatable bonds is 4. The van der Waals surface area contributed by atoms with E-state index in [0.717, 1.165) is 49.4 Å². The molecular formula is C25H28N2O3. The van der Waals surface area contributed by atoms with Gasteiger partial charge in [0.05, 0.1) is 7.11 Å². The molecule has 156 valence electrons. The van der Waals surface area contributed by atoms with Crippen LogP contribution in [0.25, 0.3) is 5.70 Å². The first-order valence-corrected chi connectivity index (χ1v) is 10.5. The van der Waals surface area contributed by atoms with E-state index >= 15 is 0 Å². The zero-order chi connectivity index (χ0) is 21.3. The Bertz CT molecular complexity index is 1000. The predicted octanol–water partition coefficient (Wildman–Crippen LogP) is 4.08. The smallest absolute Gasteiger partial charge is 0.253 e. The molecule has 0 saturated carbocycles. The Morgan fingerprint density at radius 3 is 2.37 bits per heavy atom. The summed E-state index contributed by atoms with van der Waals surface area (Å²) in [5, 5.41) is 3.49. The third-order valence-electron chi connectivity index (χ3n) is 5.80. The molecule has 0 aromatic heterocycles. The lowest BCUT2D eigenvalue weighted by atomic mass is 9.85. The van der Waals surface area contributed by atoms with Crippen molar-refractivity contribution in [2.45, 2.75) is 38.6 Å². The molecule has 2 aromatic rings. The number of amides is 1. The summed E-state index contributed by atoms with van der Waals surface area (Å²) in [5.41, 5.74) is 4.01. The number of methoxy groups -OCH3 is 1. The molecule has 2 aromatic carbocycles. The second-order valence-corrected chi connectivity index (χ2v) is 8.71. The highest BCUT2D eigenvalue weighted by molar-refractivity contribution is 6.09. The van der Waals surface area contributed by atoms with E-state index in [1.54, 1.807) is 37.5 Å². The van der Waals surface area contributed by atoms with Gasteiger partial charge in [0, 0.05) is 47.1 Å². The summed E-state index contributed by atoms with van der Waals surface area (Å²) >= 11 is 0. The minimum Gasteiger partial charge on any atom is -0.497 e. The van der Waals surface area contributed by atoms with Crippen LogP contribution >= 0.6 is 0 Å². The third-order valence-corrected chi connectivity index (χ3v) is 5.80. The van der Waals surface area contributed by atoms with Crippen LogP contribution < -0.4 is 10.1 Å². The summed E-state index contributed by atoms with van der Waals surface area (Å²) < 4.78 is 5.37. The van der Waals surface area contributed by atoms with Crippen molar-refractivity contribution < 1.29 is 14.3 Å². The third kappa shape index (κ3) is 4.11. The molecule has 0 radical (unpaired) electrons. The quantitative estimate of drug-likeness (QED) is 0.616. The fourth-order valence-electron chi connectivity index (χ4n) is 4.25. The summed E-state index contributed by atoms with van der Waals surface area (Å²) in [5.74, 6) is 0.712. The van der Waals surface area contributed by atoms with Gasteiger partial charge in [-0.2, -0.15) is 0 Å². The van der Waals surface area contributed by atoms with Gasteiger partial charge >= 0.3 is 0 Å². The van der Waals surface area contributed by atoms with Gasteiger partial charge in [-0.25, -0.2) is 0 Å². The molecule has 5 heteroatoms. The van der Waals surface area contributed by atoms with E-state index in [1.165, 1.54) is 5.56 Å². The van der Waals surface area contributed by atoms with E-state index in [2.05, 4.69) is 25.2 Å². The summed E-state index contributed by atoms with van der Waals surface area (Å²) in [4.78, 5) is 27.4. The number of likely N-dealkylation sites (tertiary alicyclic amines) is 1. The number of fused-ring (bicyclic) bond motifs is 1. The van der Waals surface area contributed by atoms with Gasteiger partial charge in [-0.3, -0.25) is 9.59 Å². The van der Waals surface area contributed by atoms with Gasteiger partial charge in [0.2, 0.25) is 0 Å². The number of ether oxygens (including phenoxy) is 1. The zero-order valence-electron chi connectivity index (χ0n) is 17.8. The van der Waals surface area contributed by atoms with Gasteiger partial charge in [0.1, 0.15) is 5.75 Å². The van der Waals surface area contributed by atoms with Crippen LogP contribution in [-0.4, -0.2) is 42.3 Å². The molecular weight excluding hydrogens is 376 g/mol. The van der Waals surface area contributed by atoms with Crippen LogP contribution in [0.15, 0.2) is 48.5 Å². The van der Waals surface area contributed by atoms with E-state index in [-0.39, 0.29) is 17.2 Å². The second-order valence-electron chi connectivity index (χ2n) is 8.71. The lowest BCUT2D eigenvalue weighted by molar-refractivity contribution is 0.0792. The average molecular weight is 405 g/mol. The predicted molar refractivity (Wildman–Crippen MR) is 118 cm³/mol. The molecule has 30 heavy (non-hydrogen) atoms. The summed E-state index contributed by atoms with van der Waals surface area (Å²) in [6.45, 7) is 5.88. The Balaban J connectivity index is 1.60. The molecule has 5 nitrogen and oxygen atoms in total. The molecule has 0 unspecified atom stereocenters. The maximum atomic E-state index is 13.0. The number of carbonyl (C=O) groups excluding carboxylic acids is 2. The van der Waals surface area contributed by atoms with Crippen molar-refractivity contribution in [2.24, 2.45) is 0 Å². The number of allylic oxidation sites excluding steroid dienone is 1. The lowest BCUT2D eigenvalue weighted by Gasteiger charge is -2.35. The molecule has 1 N–H and O–H groups in total. The molecule has 0 aliphatic carbocycles. The van der Waals surface area contributed by atoms with Crippen LogP contribution in [0.4, 0.5) is 0 Å². The van der Waals surface area contributed by atoms with Crippen LogP contribution in [0.1, 0.15) is 58.5 Å². The van der Waals surface area contributed by atoms with Crippen molar-refractivity contribution in [2.75, 3.05) is 20.2 Å². The first-order valence-electron chi connectivity index (χ1n) is 10.5. The molecule has 0 spiro atoms. The van der Waals surface area contributed by atoms with Gasteiger partial charge in [0.15, 0.2) is 5.78 Å². The number of nitrogens with zero attached hydrogens (tertiary/aromatic N) is 1. The number of carbonyl (C=O) groups is 2. The highest BCUT2D eigenvalue weighted by Crippen LogP contribution is 2.32. The van der Waals surface area contributed by atoms with Crippen molar-refractivity contribution in [1.82, 2.24) is 10.2 Å². The first-order chi connectivity index (χ1) is 14.4. The number of ketones is 1. The first kappa shape index (κ1) is 20.2. The minimum absolute atomic E-state index is 0.0431. The number of benzene rings is 2. The van der Waals surface area contributed by atoms with Crippen molar-refractivity contribution in [3.8, 4) is 5.75 Å². The van der Waals surface area contributed by atoms with Crippen molar-refractivity contribution in [1.29, 1.82) is 0 Å². The average Bonchev–Trinajstić information content (AvgIpc) is 3.27. The molecule has 1 fully saturated rings. The Kier molecular flexibility index (Phi) is 5.37. The van der Waals surface area contributed by atoms with Gasteiger partial charge in [0.25, 0.3) is 5.91 Å². The maximum Gasteiger partial charge on any atom is 0.253 e. The molecule has 1 amide bonds. The van der Waals surface area contributed by atoms with Crippen LogP contribution in [0.2, 0.25) is 0 Å². The molecule has 2 aliphatic rings. The van der Waals surface area contributed by atoms with Crippen molar-refractivity contribution in [3.63, 3.8) is 0 Å². The van der Waals surface area contributed by atoms with Gasteiger partial charge < -0.3 is 15.0 Å². The molecule has 2 heterocycles.